The van der Waals surface area contributed by atoms with Gasteiger partial charge in [-0.2, -0.15) is 0 Å². The second-order valence-corrected chi connectivity index (χ2v) is 20.3. The summed E-state index contributed by atoms with van der Waals surface area (Å²) in [5.74, 6) is -0.896. The predicted molar refractivity (Wildman–Crippen MR) is 237 cm³/mol. The van der Waals surface area contributed by atoms with Gasteiger partial charge >= 0.3 is 5.69 Å². The van der Waals surface area contributed by atoms with E-state index >= 15 is 0 Å². The van der Waals surface area contributed by atoms with Gasteiger partial charge in [-0.3, -0.25) is 19.8 Å². The number of aromatic nitrogens is 1. The molecule has 1 saturated heterocycles. The number of nitro benzene ring substituents is 1. The van der Waals surface area contributed by atoms with E-state index in [2.05, 4.69) is 52.9 Å². The maximum Gasteiger partial charge on any atom is 0.312 e. The zero-order chi connectivity index (χ0) is 43.5. The van der Waals surface area contributed by atoms with Crippen molar-refractivity contribution in [3.8, 4) is 17.2 Å². The quantitative estimate of drug-likeness (QED) is 0.0590. The van der Waals surface area contributed by atoms with Crippen LogP contribution in [0.4, 0.5) is 11.4 Å². The Balaban J connectivity index is 1.09. The van der Waals surface area contributed by atoms with Gasteiger partial charge in [0.15, 0.2) is 5.75 Å². The highest BCUT2D eigenvalue weighted by molar-refractivity contribution is 7.90. The average molecular weight is 888 g/mol. The fourth-order valence-electron chi connectivity index (χ4n) is 7.40. The van der Waals surface area contributed by atoms with Gasteiger partial charge < -0.3 is 19.4 Å². The Morgan fingerprint density at radius 3 is 2.41 bits per heavy atom. The van der Waals surface area contributed by atoms with Gasteiger partial charge in [0, 0.05) is 78.9 Å². The number of sulfone groups is 1. The second kappa shape index (κ2) is 17.7. The van der Waals surface area contributed by atoms with E-state index in [1.54, 1.807) is 30.5 Å². The number of nitrogens with one attached hydrogen (secondary N) is 2. The highest BCUT2D eigenvalue weighted by Crippen LogP contribution is 2.39. The predicted octanol–water partition coefficient (Wildman–Crippen LogP) is 8.02. The van der Waals surface area contributed by atoms with E-state index in [-0.39, 0.29) is 41.3 Å². The van der Waals surface area contributed by atoms with Crippen LogP contribution in [0.2, 0.25) is 5.02 Å². The molecule has 1 aliphatic carbocycles. The van der Waals surface area contributed by atoms with Crippen LogP contribution in [0, 0.1) is 15.5 Å². The Morgan fingerprint density at radius 1 is 0.934 bits per heavy atom. The van der Waals surface area contributed by atoms with Gasteiger partial charge in [-0.25, -0.2) is 21.6 Å². The van der Waals surface area contributed by atoms with Gasteiger partial charge in [0.1, 0.15) is 21.3 Å². The van der Waals surface area contributed by atoms with E-state index in [4.69, 9.17) is 21.1 Å². The van der Waals surface area contributed by atoms with Crippen molar-refractivity contribution in [2.24, 2.45) is 5.41 Å². The van der Waals surface area contributed by atoms with Crippen molar-refractivity contribution in [2.75, 3.05) is 56.2 Å². The first-order valence-corrected chi connectivity index (χ1v) is 23.6. The van der Waals surface area contributed by atoms with Gasteiger partial charge in [0.05, 0.1) is 27.7 Å². The number of sulfonamides is 1. The van der Waals surface area contributed by atoms with E-state index in [1.165, 1.54) is 17.2 Å². The standard InChI is InChI=1S/C44H46ClN5O9S2/c1-44(2)18-16-31(37(28-44)30-8-10-32(45)11-9-30)29-48-20-22-49(23-21-48)33-12-14-36(42(26-33)59-40-7-4-6-38-35(40)17-19-46-38)43(51)47-61(56,57)34-13-15-41(39(27-34)50(52)53)58-24-5-25-60(3,54)55/h4,6-17,19,26-28,46H,5,18,20-25,29H2,1-3H3,(H,47,51). The molecule has 7 rings (SSSR count). The molecule has 1 amide bonds. The number of piperazine rings is 1. The van der Waals surface area contributed by atoms with Gasteiger partial charge in [0.25, 0.3) is 15.9 Å². The third-order valence-corrected chi connectivity index (χ3v) is 13.2. The minimum absolute atomic E-state index is 0.0314. The number of fused-ring (bicyclic) bond motifs is 1. The number of hydrogen-bond acceptors (Lipinski definition) is 11. The van der Waals surface area contributed by atoms with Crippen molar-refractivity contribution in [1.82, 2.24) is 14.6 Å². The zero-order valence-corrected chi connectivity index (χ0v) is 36.3. The molecule has 0 bridgehead atoms. The molecule has 0 spiro atoms. The topological polar surface area (TPSA) is 181 Å². The summed E-state index contributed by atoms with van der Waals surface area (Å²) >= 11 is 6.21. The molecule has 61 heavy (non-hydrogen) atoms. The lowest BCUT2D eigenvalue weighted by molar-refractivity contribution is -0.386. The van der Waals surface area contributed by atoms with Crippen LogP contribution in [0.1, 0.15) is 42.6 Å². The number of carbonyl (C=O) groups excluding carboxylic acids is 1. The molecule has 4 aromatic carbocycles. The first kappa shape index (κ1) is 43.4. The number of rotatable bonds is 15. The molecule has 14 nitrogen and oxygen atoms in total. The van der Waals surface area contributed by atoms with E-state index in [1.807, 2.05) is 29.0 Å². The number of aromatic amines is 1. The highest BCUT2D eigenvalue weighted by Gasteiger charge is 2.29. The van der Waals surface area contributed by atoms with Crippen molar-refractivity contribution < 1.29 is 36.0 Å². The highest BCUT2D eigenvalue weighted by atomic mass is 35.5. The molecule has 0 radical (unpaired) electrons. The Kier molecular flexibility index (Phi) is 12.6. The van der Waals surface area contributed by atoms with Crippen LogP contribution in [0.25, 0.3) is 16.5 Å². The van der Waals surface area contributed by atoms with Gasteiger partial charge in [-0.05, 0) is 89.6 Å². The van der Waals surface area contributed by atoms with Crippen LogP contribution in [0.3, 0.4) is 0 Å². The van der Waals surface area contributed by atoms with E-state index < -0.39 is 41.3 Å². The molecular weight excluding hydrogens is 842 g/mol. The number of nitrogens with zero attached hydrogens (tertiary/aromatic N) is 3. The normalized spacial score (nSPS) is 15.8. The van der Waals surface area contributed by atoms with Gasteiger partial charge in [-0.15, -0.1) is 0 Å². The first-order chi connectivity index (χ1) is 28.9. The molecule has 320 valence electrons. The summed E-state index contributed by atoms with van der Waals surface area (Å²) in [5.41, 5.74) is 4.49. The van der Waals surface area contributed by atoms with Crippen molar-refractivity contribution in [1.29, 1.82) is 0 Å². The Labute approximate surface area is 359 Å². The van der Waals surface area contributed by atoms with Crippen LogP contribution in [-0.2, 0) is 19.9 Å². The summed E-state index contributed by atoms with van der Waals surface area (Å²) in [6.45, 7) is 8.00. The third kappa shape index (κ3) is 10.6. The second-order valence-electron chi connectivity index (χ2n) is 15.9. The number of anilines is 1. The summed E-state index contributed by atoms with van der Waals surface area (Å²) in [6.07, 6.45) is 8.53. The minimum Gasteiger partial charge on any atom is -0.487 e. The van der Waals surface area contributed by atoms with Crippen molar-refractivity contribution in [3.05, 3.63) is 135 Å². The Bertz CT molecular complexity index is 2760. The fraction of sp³-hybridized carbons (Fsp3) is 0.295. The maximum atomic E-state index is 13.9. The molecule has 2 heterocycles. The van der Waals surface area contributed by atoms with Crippen LogP contribution >= 0.6 is 11.6 Å². The fourth-order valence-corrected chi connectivity index (χ4v) is 9.16. The third-order valence-electron chi connectivity index (χ3n) is 10.6. The summed E-state index contributed by atoms with van der Waals surface area (Å²) in [5, 5.41) is 13.4. The number of benzene rings is 4. The molecule has 17 heteroatoms. The van der Waals surface area contributed by atoms with Crippen LogP contribution < -0.4 is 19.1 Å². The molecule has 0 unspecified atom stereocenters. The zero-order valence-electron chi connectivity index (χ0n) is 33.9. The van der Waals surface area contributed by atoms with Crippen molar-refractivity contribution >= 4 is 65.2 Å². The lowest BCUT2D eigenvalue weighted by Crippen LogP contribution is -2.47. The number of carbonyl (C=O) groups is 1. The molecule has 1 aliphatic heterocycles. The minimum atomic E-state index is -4.65. The maximum absolute atomic E-state index is 13.9. The van der Waals surface area contributed by atoms with E-state index in [0.717, 1.165) is 72.7 Å². The number of allylic oxidation sites excluding steroid dienone is 2. The largest absolute Gasteiger partial charge is 0.487 e. The van der Waals surface area contributed by atoms with Crippen molar-refractivity contribution in [3.63, 3.8) is 0 Å². The smallest absolute Gasteiger partial charge is 0.312 e. The lowest BCUT2D eigenvalue weighted by atomic mass is 9.78. The molecule has 0 saturated carbocycles. The van der Waals surface area contributed by atoms with Crippen LogP contribution in [-0.4, -0.2) is 88.9 Å². The average Bonchev–Trinajstić information content (AvgIpc) is 3.70. The number of hydrogen-bond donors (Lipinski definition) is 2. The monoisotopic (exact) mass is 887 g/mol. The number of halogens is 1. The molecule has 1 fully saturated rings. The number of nitro groups is 1. The van der Waals surface area contributed by atoms with Crippen molar-refractivity contribution in [2.45, 2.75) is 31.6 Å². The molecule has 2 aliphatic rings. The van der Waals surface area contributed by atoms with Crippen LogP contribution in [0.5, 0.6) is 17.2 Å². The number of H-pyrrole nitrogens is 1. The molecule has 2 N–H and O–H groups in total. The lowest BCUT2D eigenvalue weighted by Gasteiger charge is -2.38. The summed E-state index contributed by atoms with van der Waals surface area (Å²) < 4.78 is 64.0. The molecular formula is C44H46ClN5O9S2. The van der Waals surface area contributed by atoms with E-state index in [9.17, 15) is 31.7 Å². The Morgan fingerprint density at radius 2 is 1.69 bits per heavy atom. The summed E-state index contributed by atoms with van der Waals surface area (Å²) in [7, 11) is -7.92. The summed E-state index contributed by atoms with van der Waals surface area (Å²) in [4.78, 5) is 32.2. The number of amides is 1. The number of ether oxygens (including phenoxy) is 2. The SMILES string of the molecule is CC1(C)C=C(c2ccc(Cl)cc2)C(CN2CCN(c3ccc(C(=O)NS(=O)(=O)c4ccc(OCCCS(C)(=O)=O)c([N+](=O)[O-])c4)c(Oc4cccc5[nH]ccc45)c3)CC2)=CC1. The van der Waals surface area contributed by atoms with Gasteiger partial charge in [-0.1, -0.05) is 55.8 Å². The Hall–Kier alpha value is -5.68. The molecule has 1 aromatic heterocycles. The van der Waals surface area contributed by atoms with Gasteiger partial charge in [0.2, 0.25) is 0 Å². The molecule has 0 atom stereocenters. The first-order valence-electron chi connectivity index (χ1n) is 19.6. The van der Waals surface area contributed by atoms with E-state index in [0.29, 0.717) is 23.9 Å². The summed E-state index contributed by atoms with van der Waals surface area (Å²) in [6, 6.07) is 23.1. The molecule has 5 aromatic rings. The van der Waals surface area contributed by atoms with Crippen LogP contribution in [0.15, 0.2) is 114 Å².